The van der Waals surface area contributed by atoms with E-state index in [-0.39, 0.29) is 18.5 Å². The number of hydrogen-bond donors (Lipinski definition) is 12. The molecule has 2 fully saturated rings. The largest absolute Gasteiger partial charge is 0.506 e. The van der Waals surface area contributed by atoms with Crippen LogP contribution in [0.1, 0.15) is 34.1 Å². The molecule has 41 heavy (non-hydrogen) atoms. The van der Waals surface area contributed by atoms with Gasteiger partial charge in [0.25, 0.3) is 0 Å². The van der Waals surface area contributed by atoms with Crippen molar-refractivity contribution in [2.75, 3.05) is 19.8 Å². The van der Waals surface area contributed by atoms with Crippen molar-refractivity contribution in [1.29, 1.82) is 0 Å². The molecule has 17 heteroatoms. The van der Waals surface area contributed by atoms with Gasteiger partial charge < -0.3 is 70.2 Å². The van der Waals surface area contributed by atoms with Gasteiger partial charge in [0.1, 0.15) is 55.1 Å². The molecule has 0 radical (unpaired) electrons. The average molecular weight is 603 g/mol. The van der Waals surface area contributed by atoms with E-state index in [0.29, 0.717) is 0 Å². The van der Waals surface area contributed by atoms with Crippen LogP contribution in [0.3, 0.4) is 0 Å². The Balaban J connectivity index is 2.35. The van der Waals surface area contributed by atoms with Gasteiger partial charge >= 0.3 is 0 Å². The molecular weight excluding hydrogens is 556 g/mol. The zero-order valence-electron chi connectivity index (χ0n) is 23.4. The molecule has 2 saturated heterocycles. The van der Waals surface area contributed by atoms with E-state index in [2.05, 4.69) is 10.6 Å². The number of rotatable bonds is 15. The highest BCUT2D eigenvalue weighted by Crippen LogP contribution is 2.31. The molecule has 2 heterocycles. The van der Waals surface area contributed by atoms with Crippen LogP contribution in [-0.4, -0.2) is 157 Å². The Morgan fingerprint density at radius 2 is 1.41 bits per heavy atom. The fourth-order valence-electron chi connectivity index (χ4n) is 4.29. The standard InChI is InChI=1S/C24H46N2O15/c1-9(2)25-22(36)20(14(31)11(30)5-6-27)40-41-21-16(33)15(32)12(7-28)38-24(21)39-19-13(8-29)37-23(26-10(3)4)18(35)17(19)34/h9-13,15-19,21-36H,5-8H2,1-4H3/b20-14-. The molecule has 12 atom stereocenters. The molecule has 2 aliphatic rings. The molecule has 2 rings (SSSR count). The Hall–Kier alpha value is -1.26. The van der Waals surface area contributed by atoms with Crippen LogP contribution in [-0.2, 0) is 24.0 Å². The van der Waals surface area contributed by atoms with E-state index in [9.17, 15) is 46.0 Å². The van der Waals surface area contributed by atoms with Crippen molar-refractivity contribution in [3.63, 3.8) is 0 Å². The van der Waals surface area contributed by atoms with Gasteiger partial charge in [-0.1, -0.05) is 0 Å². The van der Waals surface area contributed by atoms with Crippen molar-refractivity contribution < 1.29 is 75.1 Å². The Morgan fingerprint density at radius 3 is 1.95 bits per heavy atom. The Labute approximate surface area is 237 Å². The first-order chi connectivity index (χ1) is 19.3. The van der Waals surface area contributed by atoms with Crippen LogP contribution in [0.15, 0.2) is 11.5 Å². The van der Waals surface area contributed by atoms with Crippen LogP contribution in [0.5, 0.6) is 0 Å². The lowest BCUT2D eigenvalue weighted by Gasteiger charge is -2.46. The van der Waals surface area contributed by atoms with E-state index in [4.69, 9.17) is 29.1 Å². The van der Waals surface area contributed by atoms with Crippen LogP contribution in [0.2, 0.25) is 0 Å². The zero-order valence-corrected chi connectivity index (χ0v) is 23.4. The summed E-state index contributed by atoms with van der Waals surface area (Å²) < 4.78 is 17.0. The van der Waals surface area contributed by atoms with Crippen LogP contribution in [0.4, 0.5) is 0 Å². The van der Waals surface area contributed by atoms with Crippen molar-refractivity contribution in [2.24, 2.45) is 0 Å². The van der Waals surface area contributed by atoms with Gasteiger partial charge in [0.15, 0.2) is 24.4 Å². The fraction of sp³-hybridized carbons (Fsp3) is 0.917. The third-order valence-electron chi connectivity index (χ3n) is 6.44. The van der Waals surface area contributed by atoms with Crippen molar-refractivity contribution in [3.8, 4) is 0 Å². The fourth-order valence-corrected chi connectivity index (χ4v) is 4.29. The summed E-state index contributed by atoms with van der Waals surface area (Å²) in [6.07, 6.45) is -19.4. The SMILES string of the molecule is CC(C)NC(O)/C(OOC1C(OC2C(CO)OC(NC(C)C)C(O)C2O)OC(CO)C(O)C1O)=C(/O)C(O)CCO. The van der Waals surface area contributed by atoms with Crippen molar-refractivity contribution >= 4 is 0 Å². The predicted molar refractivity (Wildman–Crippen MR) is 136 cm³/mol. The summed E-state index contributed by atoms with van der Waals surface area (Å²) in [4.78, 5) is 10.4. The van der Waals surface area contributed by atoms with Crippen molar-refractivity contribution in [2.45, 2.75) is 120 Å². The second-order valence-corrected chi connectivity index (χ2v) is 10.5. The average Bonchev–Trinajstić information content (AvgIpc) is 2.90. The molecule has 0 aromatic carbocycles. The molecule has 12 unspecified atom stereocenters. The van der Waals surface area contributed by atoms with Gasteiger partial charge in [-0.15, -0.1) is 0 Å². The minimum Gasteiger partial charge on any atom is -0.506 e. The van der Waals surface area contributed by atoms with Crippen LogP contribution in [0.25, 0.3) is 0 Å². The van der Waals surface area contributed by atoms with Crippen LogP contribution >= 0.6 is 0 Å². The first kappa shape index (κ1) is 35.9. The number of aliphatic hydroxyl groups excluding tert-OH is 10. The van der Waals surface area contributed by atoms with Gasteiger partial charge in [-0.2, -0.15) is 4.89 Å². The third-order valence-corrected chi connectivity index (χ3v) is 6.44. The van der Waals surface area contributed by atoms with E-state index in [1.54, 1.807) is 27.7 Å². The highest BCUT2D eigenvalue weighted by atomic mass is 17.2. The monoisotopic (exact) mass is 602 g/mol. The molecule has 12 N–H and O–H groups in total. The van der Waals surface area contributed by atoms with E-state index >= 15 is 0 Å². The summed E-state index contributed by atoms with van der Waals surface area (Å²) in [6.45, 7) is 4.88. The lowest BCUT2D eigenvalue weighted by Crippen LogP contribution is -2.66. The maximum Gasteiger partial charge on any atom is 0.225 e. The van der Waals surface area contributed by atoms with Gasteiger partial charge in [0.05, 0.1) is 13.2 Å². The Bertz CT molecular complexity index is 803. The molecule has 0 aromatic rings. The third kappa shape index (κ3) is 9.36. The van der Waals surface area contributed by atoms with Crippen LogP contribution < -0.4 is 10.6 Å². The van der Waals surface area contributed by atoms with Crippen LogP contribution in [0, 0.1) is 0 Å². The molecule has 17 nitrogen and oxygen atoms in total. The highest BCUT2D eigenvalue weighted by Gasteiger charge is 2.52. The van der Waals surface area contributed by atoms with Gasteiger partial charge in [-0.25, -0.2) is 0 Å². The van der Waals surface area contributed by atoms with Gasteiger partial charge in [0.2, 0.25) is 5.76 Å². The molecule has 2 aliphatic heterocycles. The molecule has 0 aliphatic carbocycles. The Kier molecular flexibility index (Phi) is 14.5. The zero-order chi connectivity index (χ0) is 31.0. The summed E-state index contributed by atoms with van der Waals surface area (Å²) in [5.41, 5.74) is 0. The topological polar surface area (TPSA) is 273 Å². The van der Waals surface area contributed by atoms with E-state index in [0.717, 1.165) is 0 Å². The minimum absolute atomic E-state index is 0.160. The maximum atomic E-state index is 10.8. The Morgan fingerprint density at radius 1 is 0.805 bits per heavy atom. The molecule has 0 spiro atoms. The summed E-state index contributed by atoms with van der Waals surface area (Å²) in [5.74, 6) is -1.67. The molecule has 0 saturated carbocycles. The first-order valence-corrected chi connectivity index (χ1v) is 13.4. The summed E-state index contributed by atoms with van der Waals surface area (Å²) in [6, 6.07) is -0.519. The first-order valence-electron chi connectivity index (χ1n) is 13.4. The summed E-state index contributed by atoms with van der Waals surface area (Å²) in [5, 5.41) is 108. The molecule has 0 bridgehead atoms. The van der Waals surface area contributed by atoms with E-state index < -0.39 is 105 Å². The number of aliphatic hydroxyl groups is 10. The lowest BCUT2D eigenvalue weighted by molar-refractivity contribution is -0.411. The molecule has 0 aromatic heterocycles. The summed E-state index contributed by atoms with van der Waals surface area (Å²) in [7, 11) is 0. The second kappa shape index (κ2) is 16.6. The minimum atomic E-state index is -1.89. The van der Waals surface area contributed by atoms with Crippen molar-refractivity contribution in [1.82, 2.24) is 10.6 Å². The smallest absolute Gasteiger partial charge is 0.225 e. The molecular formula is C24H46N2O15. The number of hydrogen-bond acceptors (Lipinski definition) is 17. The van der Waals surface area contributed by atoms with Gasteiger partial charge in [0, 0.05) is 25.1 Å². The maximum absolute atomic E-state index is 10.8. The van der Waals surface area contributed by atoms with E-state index in [1.165, 1.54) is 0 Å². The molecule has 242 valence electrons. The van der Waals surface area contributed by atoms with E-state index in [1.807, 2.05) is 0 Å². The summed E-state index contributed by atoms with van der Waals surface area (Å²) >= 11 is 0. The lowest BCUT2D eigenvalue weighted by atomic mass is 9.96. The number of ether oxygens (including phenoxy) is 3. The quantitative estimate of drug-likeness (QED) is 0.0364. The molecule has 0 amide bonds. The van der Waals surface area contributed by atoms with Gasteiger partial charge in [-0.3, -0.25) is 10.6 Å². The normalized spacial score (nSPS) is 36.8. The van der Waals surface area contributed by atoms with Crippen molar-refractivity contribution in [3.05, 3.63) is 11.5 Å². The second-order valence-electron chi connectivity index (χ2n) is 10.5. The predicted octanol–water partition coefficient (Wildman–Crippen LogP) is -4.61. The number of nitrogens with one attached hydrogen (secondary N) is 2. The van der Waals surface area contributed by atoms with Gasteiger partial charge in [-0.05, 0) is 27.7 Å². The highest BCUT2D eigenvalue weighted by molar-refractivity contribution is 5.09.